The van der Waals surface area contributed by atoms with Gasteiger partial charge in [-0.15, -0.1) is 0 Å². The summed E-state index contributed by atoms with van der Waals surface area (Å²) in [6, 6.07) is 0. The lowest BCUT2D eigenvalue weighted by atomic mass is 9.83. The van der Waals surface area contributed by atoms with Crippen molar-refractivity contribution in [2.75, 3.05) is 13.6 Å². The van der Waals surface area contributed by atoms with Crippen LogP contribution in [-0.4, -0.2) is 35.5 Å². The Balaban J connectivity index is 2.72. The van der Waals surface area contributed by atoms with Crippen LogP contribution in [0.2, 0.25) is 0 Å². The second-order valence-electron chi connectivity index (χ2n) is 4.35. The van der Waals surface area contributed by atoms with E-state index in [-0.39, 0.29) is 17.7 Å². The van der Waals surface area contributed by atoms with Crippen molar-refractivity contribution in [3.8, 4) is 0 Å². The van der Waals surface area contributed by atoms with Gasteiger partial charge < -0.3 is 10.0 Å². The van der Waals surface area contributed by atoms with Crippen LogP contribution in [0.5, 0.6) is 0 Å². The second-order valence-corrected chi connectivity index (χ2v) is 4.35. The van der Waals surface area contributed by atoms with Gasteiger partial charge in [0.15, 0.2) is 0 Å². The van der Waals surface area contributed by atoms with E-state index < -0.39 is 11.9 Å². The monoisotopic (exact) mass is 199 g/mol. The molecule has 0 aliphatic carbocycles. The van der Waals surface area contributed by atoms with E-state index in [1.807, 2.05) is 13.8 Å². The average Bonchev–Trinajstić information content (AvgIpc) is 2.29. The summed E-state index contributed by atoms with van der Waals surface area (Å²) in [6.07, 6.45) is 0.381. The third kappa shape index (κ3) is 2.05. The van der Waals surface area contributed by atoms with Crippen molar-refractivity contribution in [2.24, 2.45) is 17.8 Å². The molecule has 1 aliphatic rings. The predicted molar refractivity (Wildman–Crippen MR) is 51.7 cm³/mol. The van der Waals surface area contributed by atoms with Crippen molar-refractivity contribution in [3.63, 3.8) is 0 Å². The predicted octanol–water partition coefficient (Wildman–Crippen LogP) is 0.821. The van der Waals surface area contributed by atoms with Crippen LogP contribution in [0, 0.1) is 17.8 Å². The number of aliphatic carboxylic acids is 1. The molecule has 4 nitrogen and oxygen atoms in total. The fourth-order valence-corrected chi connectivity index (χ4v) is 2.17. The maximum Gasteiger partial charge on any atom is 0.307 e. The van der Waals surface area contributed by atoms with E-state index in [0.29, 0.717) is 13.0 Å². The Hall–Kier alpha value is -1.06. The number of carboxylic acids is 1. The van der Waals surface area contributed by atoms with Gasteiger partial charge in [-0.25, -0.2) is 0 Å². The van der Waals surface area contributed by atoms with E-state index in [9.17, 15) is 9.59 Å². The SMILES string of the molecule is CC(C)C(C(=O)O)C1CC(=O)N(C)C1. The summed E-state index contributed by atoms with van der Waals surface area (Å²) in [5.74, 6) is -1.07. The first kappa shape index (κ1) is 11.0. The van der Waals surface area contributed by atoms with Gasteiger partial charge in [0.05, 0.1) is 5.92 Å². The van der Waals surface area contributed by atoms with E-state index in [1.54, 1.807) is 11.9 Å². The first-order valence-corrected chi connectivity index (χ1v) is 4.90. The molecule has 2 unspecified atom stereocenters. The van der Waals surface area contributed by atoms with Gasteiger partial charge in [-0.3, -0.25) is 9.59 Å². The second kappa shape index (κ2) is 3.98. The lowest BCUT2D eigenvalue weighted by Crippen LogP contribution is -2.30. The summed E-state index contributed by atoms with van der Waals surface area (Å²) in [6.45, 7) is 4.36. The van der Waals surface area contributed by atoms with E-state index in [1.165, 1.54) is 0 Å². The molecule has 1 heterocycles. The molecule has 0 spiro atoms. The highest BCUT2D eigenvalue weighted by atomic mass is 16.4. The van der Waals surface area contributed by atoms with E-state index in [0.717, 1.165) is 0 Å². The van der Waals surface area contributed by atoms with Crippen molar-refractivity contribution in [3.05, 3.63) is 0 Å². The first-order valence-electron chi connectivity index (χ1n) is 4.90. The highest BCUT2D eigenvalue weighted by molar-refractivity contribution is 5.80. The minimum absolute atomic E-state index is 0.0231. The molecule has 0 aromatic heterocycles. The molecule has 0 radical (unpaired) electrons. The summed E-state index contributed by atoms with van der Waals surface area (Å²) in [5, 5.41) is 9.05. The molecule has 1 aliphatic heterocycles. The molecule has 14 heavy (non-hydrogen) atoms. The molecule has 4 heteroatoms. The first-order chi connectivity index (χ1) is 6.43. The molecule has 1 rings (SSSR count). The Morgan fingerprint density at radius 1 is 1.57 bits per heavy atom. The van der Waals surface area contributed by atoms with Crippen molar-refractivity contribution in [2.45, 2.75) is 20.3 Å². The van der Waals surface area contributed by atoms with Gasteiger partial charge in [0, 0.05) is 20.0 Å². The number of nitrogens with zero attached hydrogens (tertiary/aromatic N) is 1. The van der Waals surface area contributed by atoms with Crippen LogP contribution in [-0.2, 0) is 9.59 Å². The highest BCUT2D eigenvalue weighted by Crippen LogP contribution is 2.29. The Morgan fingerprint density at radius 3 is 2.43 bits per heavy atom. The van der Waals surface area contributed by atoms with Crippen LogP contribution >= 0.6 is 0 Å². The zero-order valence-corrected chi connectivity index (χ0v) is 8.86. The Morgan fingerprint density at radius 2 is 2.14 bits per heavy atom. The third-order valence-electron chi connectivity index (χ3n) is 2.88. The number of amides is 1. The van der Waals surface area contributed by atoms with Crippen molar-refractivity contribution < 1.29 is 14.7 Å². The molecule has 0 saturated carbocycles. The maximum absolute atomic E-state index is 11.3. The van der Waals surface area contributed by atoms with Crippen molar-refractivity contribution in [1.29, 1.82) is 0 Å². The number of carbonyl (C=O) groups excluding carboxylic acids is 1. The normalized spacial score (nSPS) is 24.4. The molecule has 1 N–H and O–H groups in total. The third-order valence-corrected chi connectivity index (χ3v) is 2.88. The minimum Gasteiger partial charge on any atom is -0.481 e. The van der Waals surface area contributed by atoms with Gasteiger partial charge in [-0.05, 0) is 11.8 Å². The largest absolute Gasteiger partial charge is 0.481 e. The summed E-state index contributed by atoms with van der Waals surface area (Å²) < 4.78 is 0. The molecule has 80 valence electrons. The van der Waals surface area contributed by atoms with Gasteiger partial charge in [0.25, 0.3) is 0 Å². The van der Waals surface area contributed by atoms with Crippen molar-refractivity contribution >= 4 is 11.9 Å². The summed E-state index contributed by atoms with van der Waals surface area (Å²) in [7, 11) is 1.72. The van der Waals surface area contributed by atoms with E-state index in [2.05, 4.69) is 0 Å². The van der Waals surface area contributed by atoms with Crippen LogP contribution in [0.15, 0.2) is 0 Å². The van der Waals surface area contributed by atoms with Crippen molar-refractivity contribution in [1.82, 2.24) is 4.90 Å². The molecule has 1 saturated heterocycles. The highest BCUT2D eigenvalue weighted by Gasteiger charge is 2.38. The Labute approximate surface area is 83.9 Å². The topological polar surface area (TPSA) is 57.6 Å². The zero-order valence-electron chi connectivity index (χ0n) is 8.86. The molecule has 0 bridgehead atoms. The van der Waals surface area contributed by atoms with Crippen LogP contribution < -0.4 is 0 Å². The van der Waals surface area contributed by atoms with Crippen LogP contribution in [0.4, 0.5) is 0 Å². The fourth-order valence-electron chi connectivity index (χ4n) is 2.17. The number of carboxylic acid groups (broad SMARTS) is 1. The fraction of sp³-hybridized carbons (Fsp3) is 0.800. The minimum atomic E-state index is -0.784. The summed E-state index contributed by atoms with van der Waals surface area (Å²) in [4.78, 5) is 23.9. The summed E-state index contributed by atoms with van der Waals surface area (Å²) in [5.41, 5.74) is 0. The molecular formula is C10H17NO3. The average molecular weight is 199 g/mol. The van der Waals surface area contributed by atoms with Gasteiger partial charge in [0.1, 0.15) is 0 Å². The van der Waals surface area contributed by atoms with Crippen LogP contribution in [0.25, 0.3) is 0 Å². The van der Waals surface area contributed by atoms with Gasteiger partial charge in [-0.2, -0.15) is 0 Å². The molecule has 2 atom stereocenters. The van der Waals surface area contributed by atoms with Crippen LogP contribution in [0.3, 0.4) is 0 Å². The smallest absolute Gasteiger partial charge is 0.307 e. The molecule has 0 aromatic rings. The molecular weight excluding hydrogens is 182 g/mol. The maximum atomic E-state index is 11.3. The van der Waals surface area contributed by atoms with E-state index in [4.69, 9.17) is 5.11 Å². The lowest BCUT2D eigenvalue weighted by molar-refractivity contribution is -0.145. The number of carbonyl (C=O) groups is 2. The van der Waals surface area contributed by atoms with Crippen LogP contribution in [0.1, 0.15) is 20.3 Å². The van der Waals surface area contributed by atoms with Gasteiger partial charge in [-0.1, -0.05) is 13.8 Å². The van der Waals surface area contributed by atoms with Gasteiger partial charge >= 0.3 is 5.97 Å². The van der Waals surface area contributed by atoms with Gasteiger partial charge in [0.2, 0.25) is 5.91 Å². The van der Waals surface area contributed by atoms with E-state index >= 15 is 0 Å². The lowest BCUT2D eigenvalue weighted by Gasteiger charge is -2.22. The molecule has 0 aromatic carbocycles. The zero-order chi connectivity index (χ0) is 10.9. The Kier molecular flexibility index (Phi) is 3.13. The standard InChI is InChI=1S/C10H17NO3/c1-6(2)9(10(13)14)7-4-8(12)11(3)5-7/h6-7,9H,4-5H2,1-3H3,(H,13,14). The Bertz CT molecular complexity index is 250. The number of hydrogen-bond acceptors (Lipinski definition) is 2. The summed E-state index contributed by atoms with van der Waals surface area (Å²) >= 11 is 0. The quantitative estimate of drug-likeness (QED) is 0.732. The molecule has 1 fully saturated rings. The molecule has 1 amide bonds. The number of hydrogen-bond donors (Lipinski definition) is 1. The number of likely N-dealkylation sites (tertiary alicyclic amines) is 1. The number of rotatable bonds is 3.